The third-order valence-electron chi connectivity index (χ3n) is 2.65. The molecule has 116 valence electrons. The van der Waals surface area contributed by atoms with Crippen molar-refractivity contribution in [3.8, 4) is 0 Å². The molecule has 0 saturated heterocycles. The van der Waals surface area contributed by atoms with Crippen molar-refractivity contribution in [3.05, 3.63) is 24.3 Å². The van der Waals surface area contributed by atoms with E-state index < -0.39 is 28.1 Å². The van der Waals surface area contributed by atoms with Gasteiger partial charge in [0.2, 0.25) is 10.0 Å². The highest BCUT2D eigenvalue weighted by Crippen LogP contribution is 2.12. The van der Waals surface area contributed by atoms with Crippen LogP contribution in [0.5, 0.6) is 0 Å². The summed E-state index contributed by atoms with van der Waals surface area (Å²) in [5.41, 5.74) is 0.292. The maximum absolute atomic E-state index is 11.7. The molecular formula is C12H16N3O5S-. The van der Waals surface area contributed by atoms with Crippen LogP contribution in [-0.2, 0) is 14.8 Å². The fourth-order valence-corrected chi connectivity index (χ4v) is 2.05. The number of primary sulfonamides is 1. The quantitative estimate of drug-likeness (QED) is 0.654. The molecule has 21 heavy (non-hydrogen) atoms. The molecule has 0 spiro atoms. The average Bonchev–Trinajstić information content (AvgIpc) is 2.34. The molecular weight excluding hydrogens is 298 g/mol. The topological polar surface area (TPSA) is 141 Å². The molecule has 0 aliphatic carbocycles. The van der Waals surface area contributed by atoms with Crippen LogP contribution in [0.3, 0.4) is 0 Å². The monoisotopic (exact) mass is 314 g/mol. The van der Waals surface area contributed by atoms with E-state index in [1.807, 2.05) is 0 Å². The molecule has 0 radical (unpaired) electrons. The van der Waals surface area contributed by atoms with Gasteiger partial charge in [0, 0.05) is 5.69 Å². The summed E-state index contributed by atoms with van der Waals surface area (Å²) in [5.74, 6) is -1.73. The Hall–Kier alpha value is -2.13. The molecule has 0 unspecified atom stereocenters. The van der Waals surface area contributed by atoms with Gasteiger partial charge in [0.15, 0.2) is 0 Å². The first-order chi connectivity index (χ1) is 9.61. The van der Waals surface area contributed by atoms with Crippen LogP contribution in [-0.4, -0.2) is 26.5 Å². The molecule has 8 nitrogen and oxygen atoms in total. The first kappa shape index (κ1) is 16.9. The molecule has 0 bridgehead atoms. The van der Waals surface area contributed by atoms with Gasteiger partial charge in [0.1, 0.15) is 0 Å². The lowest BCUT2D eigenvalue weighted by Gasteiger charge is -2.23. The molecule has 1 atom stereocenters. The number of carboxylic acid groups (broad SMARTS) is 1. The second kappa shape index (κ2) is 6.55. The summed E-state index contributed by atoms with van der Waals surface area (Å²) in [6.45, 7) is 3.25. The molecule has 0 aliphatic heterocycles. The van der Waals surface area contributed by atoms with Gasteiger partial charge in [-0.15, -0.1) is 0 Å². The lowest BCUT2D eigenvalue weighted by molar-refractivity contribution is -0.309. The van der Waals surface area contributed by atoms with Gasteiger partial charge in [0.25, 0.3) is 0 Å². The number of hydrogen-bond donors (Lipinski definition) is 3. The molecule has 1 aromatic rings. The summed E-state index contributed by atoms with van der Waals surface area (Å²) in [6, 6.07) is 3.26. The Morgan fingerprint density at radius 1 is 1.19 bits per heavy atom. The third-order valence-corrected chi connectivity index (χ3v) is 3.58. The SMILES string of the molecule is CC(C)[C@H](NC(=O)Nc1ccc(S(N)(=O)=O)cc1)C(=O)[O-]. The first-order valence-corrected chi connectivity index (χ1v) is 7.57. The molecule has 0 aliphatic rings. The number of carboxylic acids is 1. The van der Waals surface area contributed by atoms with Crippen LogP contribution in [0.25, 0.3) is 0 Å². The zero-order chi connectivity index (χ0) is 16.2. The highest BCUT2D eigenvalue weighted by atomic mass is 32.2. The van der Waals surface area contributed by atoms with E-state index in [0.29, 0.717) is 5.69 Å². The molecule has 0 saturated carbocycles. The van der Waals surface area contributed by atoms with Crippen LogP contribution < -0.4 is 20.9 Å². The number of rotatable bonds is 5. The van der Waals surface area contributed by atoms with E-state index in [1.54, 1.807) is 13.8 Å². The van der Waals surface area contributed by atoms with Crippen LogP contribution in [0, 0.1) is 5.92 Å². The molecule has 4 N–H and O–H groups in total. The Kier molecular flexibility index (Phi) is 5.28. The molecule has 0 fully saturated rings. The van der Waals surface area contributed by atoms with Crippen LogP contribution in [0.4, 0.5) is 10.5 Å². The van der Waals surface area contributed by atoms with Crippen molar-refractivity contribution in [3.63, 3.8) is 0 Å². The van der Waals surface area contributed by atoms with Crippen molar-refractivity contribution in [2.45, 2.75) is 24.8 Å². The van der Waals surface area contributed by atoms with Gasteiger partial charge in [-0.1, -0.05) is 13.8 Å². The minimum absolute atomic E-state index is 0.0942. The number of urea groups is 1. The number of hydrogen-bond acceptors (Lipinski definition) is 5. The maximum atomic E-state index is 11.7. The van der Waals surface area contributed by atoms with E-state index in [-0.39, 0.29) is 10.8 Å². The fraction of sp³-hybridized carbons (Fsp3) is 0.333. The predicted molar refractivity (Wildman–Crippen MR) is 73.6 cm³/mol. The number of nitrogens with two attached hydrogens (primary N) is 1. The standard InChI is InChI=1S/C12H17N3O5S/c1-7(2)10(11(16)17)15-12(18)14-8-3-5-9(6-4-8)21(13,19)20/h3-7,10H,1-2H3,(H,16,17)(H2,13,19,20)(H2,14,15,18)/p-1/t10-/m0/s1. The van der Waals surface area contributed by atoms with Gasteiger partial charge in [-0.05, 0) is 30.2 Å². The second-order valence-corrected chi connectivity index (χ2v) is 6.27. The Balaban J connectivity index is 2.73. The van der Waals surface area contributed by atoms with E-state index in [2.05, 4.69) is 10.6 Å². The second-order valence-electron chi connectivity index (χ2n) is 4.71. The largest absolute Gasteiger partial charge is 0.548 e. The lowest BCUT2D eigenvalue weighted by atomic mass is 10.1. The Morgan fingerprint density at radius 3 is 2.10 bits per heavy atom. The number of amides is 2. The van der Waals surface area contributed by atoms with Crippen LogP contribution >= 0.6 is 0 Å². The summed E-state index contributed by atoms with van der Waals surface area (Å²) in [4.78, 5) is 22.4. The average molecular weight is 314 g/mol. The Morgan fingerprint density at radius 2 is 1.71 bits per heavy atom. The smallest absolute Gasteiger partial charge is 0.319 e. The van der Waals surface area contributed by atoms with Crippen molar-refractivity contribution in [2.24, 2.45) is 11.1 Å². The number of anilines is 1. The van der Waals surface area contributed by atoms with Gasteiger partial charge in [-0.3, -0.25) is 0 Å². The number of carbonyl (C=O) groups excluding carboxylic acids is 2. The van der Waals surface area contributed by atoms with E-state index in [9.17, 15) is 23.1 Å². The zero-order valence-electron chi connectivity index (χ0n) is 11.5. The molecule has 9 heteroatoms. The van der Waals surface area contributed by atoms with E-state index in [1.165, 1.54) is 24.3 Å². The number of sulfonamides is 1. The summed E-state index contributed by atoms with van der Waals surface area (Å²) in [5, 5.41) is 20.4. The van der Waals surface area contributed by atoms with Crippen molar-refractivity contribution in [1.82, 2.24) is 5.32 Å². The lowest BCUT2D eigenvalue weighted by Crippen LogP contribution is -2.51. The zero-order valence-corrected chi connectivity index (χ0v) is 12.3. The van der Waals surface area contributed by atoms with Crippen LogP contribution in [0.15, 0.2) is 29.2 Å². The summed E-state index contributed by atoms with van der Waals surface area (Å²) >= 11 is 0. The highest BCUT2D eigenvalue weighted by Gasteiger charge is 2.17. The predicted octanol–water partition coefficient (Wildman–Crippen LogP) is -0.770. The first-order valence-electron chi connectivity index (χ1n) is 6.02. The van der Waals surface area contributed by atoms with Crippen LogP contribution in [0.1, 0.15) is 13.8 Å². The van der Waals surface area contributed by atoms with E-state index in [4.69, 9.17) is 5.14 Å². The minimum Gasteiger partial charge on any atom is -0.548 e. The minimum atomic E-state index is -3.80. The number of nitrogens with one attached hydrogen (secondary N) is 2. The van der Waals surface area contributed by atoms with Gasteiger partial charge in [-0.25, -0.2) is 18.4 Å². The van der Waals surface area contributed by atoms with Gasteiger partial charge >= 0.3 is 6.03 Å². The van der Waals surface area contributed by atoms with E-state index in [0.717, 1.165) is 0 Å². The van der Waals surface area contributed by atoms with Gasteiger partial charge < -0.3 is 20.5 Å². The third kappa shape index (κ3) is 5.04. The van der Waals surface area contributed by atoms with Crippen molar-refractivity contribution < 1.29 is 23.1 Å². The summed E-state index contributed by atoms with van der Waals surface area (Å²) < 4.78 is 22.1. The molecule has 1 aromatic carbocycles. The number of aliphatic carboxylic acids is 1. The highest BCUT2D eigenvalue weighted by molar-refractivity contribution is 7.89. The molecule has 0 heterocycles. The van der Waals surface area contributed by atoms with E-state index >= 15 is 0 Å². The fourth-order valence-electron chi connectivity index (χ4n) is 1.53. The molecule has 1 rings (SSSR count). The molecule has 2 amide bonds. The van der Waals surface area contributed by atoms with Crippen molar-refractivity contribution >= 4 is 27.7 Å². The summed E-state index contributed by atoms with van der Waals surface area (Å²) in [7, 11) is -3.80. The molecule has 0 aromatic heterocycles. The Labute approximate surface area is 122 Å². The van der Waals surface area contributed by atoms with Gasteiger partial charge in [-0.2, -0.15) is 0 Å². The Bertz CT molecular complexity index is 625. The maximum Gasteiger partial charge on any atom is 0.319 e. The summed E-state index contributed by atoms with van der Waals surface area (Å²) in [6.07, 6.45) is 0. The van der Waals surface area contributed by atoms with Crippen molar-refractivity contribution in [2.75, 3.05) is 5.32 Å². The normalized spacial score (nSPS) is 12.8. The van der Waals surface area contributed by atoms with Crippen molar-refractivity contribution in [1.29, 1.82) is 0 Å². The number of benzene rings is 1. The van der Waals surface area contributed by atoms with Gasteiger partial charge in [0.05, 0.1) is 16.9 Å². The number of carbonyl (C=O) groups is 2. The van der Waals surface area contributed by atoms with Crippen LogP contribution in [0.2, 0.25) is 0 Å².